The van der Waals surface area contributed by atoms with Crippen LogP contribution in [0.1, 0.15) is 17.3 Å². The molecule has 1 aliphatic heterocycles. The number of fused-ring (bicyclic) bond motifs is 1. The monoisotopic (exact) mass is 365 g/mol. The van der Waals surface area contributed by atoms with E-state index in [1.807, 2.05) is 18.3 Å². The molecule has 6 heteroatoms. The summed E-state index contributed by atoms with van der Waals surface area (Å²) in [7, 11) is 1.59. The van der Waals surface area contributed by atoms with Gasteiger partial charge in [-0.25, -0.2) is 9.18 Å². The minimum absolute atomic E-state index is 0.263. The first-order valence-corrected chi connectivity index (χ1v) is 8.78. The van der Waals surface area contributed by atoms with Crippen molar-refractivity contribution in [1.82, 2.24) is 9.47 Å². The number of hydrogen-bond acceptors (Lipinski definition) is 2. The Morgan fingerprint density at radius 2 is 1.85 bits per heavy atom. The molecule has 2 amide bonds. The zero-order valence-corrected chi connectivity index (χ0v) is 14.9. The molecular formula is C21H20FN3O2. The van der Waals surface area contributed by atoms with Crippen LogP contribution < -0.4 is 10.1 Å². The number of nitrogens with one attached hydrogen (secondary N) is 1. The average Bonchev–Trinajstić information content (AvgIpc) is 3.17. The van der Waals surface area contributed by atoms with E-state index in [0.717, 1.165) is 5.69 Å². The van der Waals surface area contributed by atoms with Crippen molar-refractivity contribution >= 4 is 11.7 Å². The molecule has 1 N–H and O–H groups in total. The van der Waals surface area contributed by atoms with Gasteiger partial charge in [0.15, 0.2) is 0 Å². The Balaban J connectivity index is 1.65. The third-order valence-corrected chi connectivity index (χ3v) is 4.84. The largest absolute Gasteiger partial charge is 0.497 e. The van der Waals surface area contributed by atoms with E-state index < -0.39 is 6.04 Å². The summed E-state index contributed by atoms with van der Waals surface area (Å²) < 4.78 is 21.7. The van der Waals surface area contributed by atoms with Gasteiger partial charge in [-0.05, 0) is 42.5 Å². The zero-order chi connectivity index (χ0) is 18.8. The van der Waals surface area contributed by atoms with Crippen molar-refractivity contribution in [3.8, 4) is 5.75 Å². The van der Waals surface area contributed by atoms with Gasteiger partial charge in [-0.3, -0.25) is 0 Å². The van der Waals surface area contributed by atoms with Gasteiger partial charge in [0.25, 0.3) is 0 Å². The molecule has 1 aromatic heterocycles. The SMILES string of the molecule is COc1ccc(NC(=O)N2CCn3cccc3C2c2ccccc2F)cc1. The van der Waals surface area contributed by atoms with Gasteiger partial charge < -0.3 is 19.5 Å². The van der Waals surface area contributed by atoms with Gasteiger partial charge in [0.2, 0.25) is 0 Å². The summed E-state index contributed by atoms with van der Waals surface area (Å²) in [5.74, 6) is 0.396. The molecule has 5 nitrogen and oxygen atoms in total. The van der Waals surface area contributed by atoms with Crippen LogP contribution in [0.3, 0.4) is 0 Å². The summed E-state index contributed by atoms with van der Waals surface area (Å²) in [6.07, 6.45) is 1.96. The zero-order valence-electron chi connectivity index (χ0n) is 14.9. The van der Waals surface area contributed by atoms with Crippen molar-refractivity contribution in [2.45, 2.75) is 12.6 Å². The number of carbonyl (C=O) groups excluding carboxylic acids is 1. The van der Waals surface area contributed by atoms with Crippen molar-refractivity contribution in [3.63, 3.8) is 0 Å². The number of nitrogens with zero attached hydrogens (tertiary/aromatic N) is 2. The summed E-state index contributed by atoms with van der Waals surface area (Å²) in [5.41, 5.74) is 2.05. The van der Waals surface area contributed by atoms with Gasteiger partial charge in [-0.2, -0.15) is 0 Å². The molecule has 0 saturated carbocycles. The predicted molar refractivity (Wildman–Crippen MR) is 101 cm³/mol. The Morgan fingerprint density at radius 3 is 2.59 bits per heavy atom. The molecule has 2 aromatic carbocycles. The lowest BCUT2D eigenvalue weighted by atomic mass is 9.99. The van der Waals surface area contributed by atoms with Crippen LogP contribution in [0.5, 0.6) is 5.75 Å². The second-order valence-corrected chi connectivity index (χ2v) is 6.40. The van der Waals surface area contributed by atoms with Crippen molar-refractivity contribution < 1.29 is 13.9 Å². The number of urea groups is 1. The van der Waals surface area contributed by atoms with E-state index in [1.165, 1.54) is 6.07 Å². The maximum Gasteiger partial charge on any atom is 0.322 e. The second-order valence-electron chi connectivity index (χ2n) is 6.40. The number of anilines is 1. The summed E-state index contributed by atoms with van der Waals surface area (Å²) in [4.78, 5) is 14.7. The summed E-state index contributed by atoms with van der Waals surface area (Å²) in [6.45, 7) is 1.16. The number of ether oxygens (including phenoxy) is 1. The number of amides is 2. The molecule has 1 aliphatic rings. The summed E-state index contributed by atoms with van der Waals surface area (Å²) in [6, 6.07) is 16.8. The third kappa shape index (κ3) is 3.26. The highest BCUT2D eigenvalue weighted by Crippen LogP contribution is 2.34. The van der Waals surface area contributed by atoms with Crippen LogP contribution in [0.15, 0.2) is 66.9 Å². The number of rotatable bonds is 3. The number of aromatic nitrogens is 1. The number of hydrogen-bond donors (Lipinski definition) is 1. The van der Waals surface area contributed by atoms with Crippen LogP contribution in [0.4, 0.5) is 14.9 Å². The standard InChI is InChI=1S/C21H20FN3O2/c1-27-16-10-8-15(9-11-16)23-21(26)25-14-13-24-12-4-7-19(24)20(25)17-5-2-3-6-18(17)22/h2-12,20H,13-14H2,1H3,(H,23,26). The van der Waals surface area contributed by atoms with Gasteiger partial charge >= 0.3 is 6.03 Å². The topological polar surface area (TPSA) is 46.5 Å². The molecule has 1 atom stereocenters. The van der Waals surface area contributed by atoms with Gasteiger partial charge in [0.1, 0.15) is 17.6 Å². The first kappa shape index (κ1) is 17.1. The normalized spacial score (nSPS) is 15.9. The highest BCUT2D eigenvalue weighted by Gasteiger charge is 2.33. The molecule has 0 fully saturated rings. The average molecular weight is 365 g/mol. The Hall–Kier alpha value is -3.28. The number of carbonyl (C=O) groups is 1. The van der Waals surface area contributed by atoms with E-state index in [-0.39, 0.29) is 11.8 Å². The maximum atomic E-state index is 14.5. The van der Waals surface area contributed by atoms with Crippen LogP contribution >= 0.6 is 0 Å². The smallest absolute Gasteiger partial charge is 0.322 e. The van der Waals surface area contributed by atoms with Gasteiger partial charge in [0.05, 0.1) is 7.11 Å². The lowest BCUT2D eigenvalue weighted by molar-refractivity contribution is 0.180. The molecule has 2 heterocycles. The van der Waals surface area contributed by atoms with E-state index >= 15 is 0 Å². The fourth-order valence-electron chi connectivity index (χ4n) is 3.50. The third-order valence-electron chi connectivity index (χ3n) is 4.84. The lowest BCUT2D eigenvalue weighted by Crippen LogP contribution is -2.44. The molecule has 1 unspecified atom stereocenters. The molecule has 4 rings (SSSR count). The van der Waals surface area contributed by atoms with Gasteiger partial charge in [0, 0.05) is 36.2 Å². The number of benzene rings is 2. The minimum Gasteiger partial charge on any atom is -0.497 e. The highest BCUT2D eigenvalue weighted by atomic mass is 19.1. The van der Waals surface area contributed by atoms with E-state index in [0.29, 0.717) is 30.1 Å². The Kier molecular flexibility index (Phi) is 4.54. The van der Waals surface area contributed by atoms with Crippen molar-refractivity contribution in [3.05, 3.63) is 83.9 Å². The van der Waals surface area contributed by atoms with E-state index in [4.69, 9.17) is 4.74 Å². The first-order chi connectivity index (χ1) is 13.2. The van der Waals surface area contributed by atoms with Gasteiger partial charge in [-0.1, -0.05) is 18.2 Å². The van der Waals surface area contributed by atoms with E-state index in [2.05, 4.69) is 9.88 Å². The van der Waals surface area contributed by atoms with Crippen LogP contribution in [-0.4, -0.2) is 29.2 Å². The first-order valence-electron chi connectivity index (χ1n) is 8.78. The predicted octanol–water partition coefficient (Wildman–Crippen LogP) is 4.27. The molecule has 138 valence electrons. The minimum atomic E-state index is -0.479. The molecular weight excluding hydrogens is 345 g/mol. The van der Waals surface area contributed by atoms with Crippen molar-refractivity contribution in [2.75, 3.05) is 19.0 Å². The number of halogens is 1. The lowest BCUT2D eigenvalue weighted by Gasteiger charge is -2.37. The molecule has 0 aliphatic carbocycles. The fourth-order valence-corrected chi connectivity index (χ4v) is 3.50. The maximum absolute atomic E-state index is 14.5. The van der Waals surface area contributed by atoms with Gasteiger partial charge in [-0.15, -0.1) is 0 Å². The van der Waals surface area contributed by atoms with E-state index in [9.17, 15) is 9.18 Å². The van der Waals surface area contributed by atoms with Crippen molar-refractivity contribution in [1.29, 1.82) is 0 Å². The fraction of sp³-hybridized carbons (Fsp3) is 0.190. The molecule has 0 spiro atoms. The molecule has 27 heavy (non-hydrogen) atoms. The Labute approximate surface area is 157 Å². The van der Waals surface area contributed by atoms with Crippen LogP contribution in [0.25, 0.3) is 0 Å². The molecule has 0 bridgehead atoms. The molecule has 3 aromatic rings. The second kappa shape index (κ2) is 7.15. The molecule has 0 radical (unpaired) electrons. The quantitative estimate of drug-likeness (QED) is 0.753. The van der Waals surface area contributed by atoms with E-state index in [1.54, 1.807) is 54.5 Å². The Bertz CT molecular complexity index is 952. The van der Waals surface area contributed by atoms with Crippen LogP contribution in [0.2, 0.25) is 0 Å². The summed E-state index contributed by atoms with van der Waals surface area (Å²) in [5, 5.41) is 2.90. The number of methoxy groups -OCH3 is 1. The van der Waals surface area contributed by atoms with Crippen molar-refractivity contribution in [2.24, 2.45) is 0 Å². The Morgan fingerprint density at radius 1 is 1.07 bits per heavy atom. The highest BCUT2D eigenvalue weighted by molar-refractivity contribution is 5.90. The molecule has 0 saturated heterocycles. The van der Waals surface area contributed by atoms with Crippen LogP contribution in [0, 0.1) is 5.82 Å². The summed E-state index contributed by atoms with van der Waals surface area (Å²) >= 11 is 0. The van der Waals surface area contributed by atoms with Crippen LogP contribution in [-0.2, 0) is 6.54 Å².